The molecule has 0 heterocycles. The van der Waals surface area contributed by atoms with Gasteiger partial charge in [0.05, 0.1) is 7.11 Å². The van der Waals surface area contributed by atoms with Crippen molar-refractivity contribution in [2.24, 2.45) is 0 Å². The van der Waals surface area contributed by atoms with Crippen molar-refractivity contribution in [2.45, 2.75) is 6.54 Å². The molecule has 0 amide bonds. The Morgan fingerprint density at radius 2 is 2.25 bits per heavy atom. The van der Waals surface area contributed by atoms with Crippen LogP contribution in [-0.2, 0) is 6.54 Å². The molecule has 0 saturated heterocycles. The van der Waals surface area contributed by atoms with E-state index in [1.165, 1.54) is 7.11 Å². The summed E-state index contributed by atoms with van der Waals surface area (Å²) in [6, 6.07) is 3.42. The molecule has 0 aliphatic rings. The van der Waals surface area contributed by atoms with E-state index in [0.29, 0.717) is 18.8 Å². The van der Waals surface area contributed by atoms with Crippen molar-refractivity contribution < 1.29 is 9.84 Å². The molecule has 0 saturated carbocycles. The Hall–Kier alpha value is -0.520. The van der Waals surface area contributed by atoms with E-state index in [1.807, 2.05) is 0 Å². The first kappa shape index (κ1) is 13.5. The van der Waals surface area contributed by atoms with Gasteiger partial charge in [0.1, 0.15) is 0 Å². The number of phenols is 1. The predicted octanol–water partition coefficient (Wildman–Crippen LogP) is 3.16. The van der Waals surface area contributed by atoms with Gasteiger partial charge in [-0.3, -0.25) is 0 Å². The van der Waals surface area contributed by atoms with Gasteiger partial charge in [-0.05, 0) is 17.7 Å². The highest BCUT2D eigenvalue weighted by atomic mass is 79.9. The molecule has 16 heavy (non-hydrogen) atoms. The molecular formula is C11H13Br2NO2. The topological polar surface area (TPSA) is 41.5 Å². The molecule has 2 N–H and O–H groups in total. The summed E-state index contributed by atoms with van der Waals surface area (Å²) in [7, 11) is 1.53. The van der Waals surface area contributed by atoms with Crippen molar-refractivity contribution in [3.05, 3.63) is 33.2 Å². The number of benzene rings is 1. The van der Waals surface area contributed by atoms with Crippen molar-refractivity contribution in [1.29, 1.82) is 0 Å². The fourth-order valence-electron chi connectivity index (χ4n) is 1.22. The van der Waals surface area contributed by atoms with Crippen LogP contribution in [0.1, 0.15) is 5.56 Å². The monoisotopic (exact) mass is 349 g/mol. The van der Waals surface area contributed by atoms with Gasteiger partial charge in [-0.2, -0.15) is 0 Å². The molecular weight excluding hydrogens is 338 g/mol. The zero-order valence-electron chi connectivity index (χ0n) is 8.89. The minimum atomic E-state index is 0.128. The number of nitrogens with one attached hydrogen (secondary N) is 1. The average molecular weight is 351 g/mol. The fraction of sp³-hybridized carbons (Fsp3) is 0.273. The largest absolute Gasteiger partial charge is 0.504 e. The third kappa shape index (κ3) is 3.81. The van der Waals surface area contributed by atoms with E-state index in [9.17, 15) is 5.11 Å². The summed E-state index contributed by atoms with van der Waals surface area (Å²) in [6.07, 6.45) is 0. The molecule has 1 aromatic carbocycles. The van der Waals surface area contributed by atoms with Gasteiger partial charge in [-0.1, -0.05) is 38.4 Å². The zero-order chi connectivity index (χ0) is 12.1. The number of hydrogen-bond acceptors (Lipinski definition) is 3. The van der Waals surface area contributed by atoms with Gasteiger partial charge in [0, 0.05) is 22.0 Å². The SMILES string of the molecule is C=C(Br)CNCc1cc(OC)c(O)cc1Br. The molecule has 0 bridgehead atoms. The van der Waals surface area contributed by atoms with E-state index in [-0.39, 0.29) is 5.75 Å². The number of aromatic hydroxyl groups is 1. The normalized spacial score (nSPS) is 10.2. The van der Waals surface area contributed by atoms with E-state index in [4.69, 9.17) is 4.74 Å². The molecule has 0 atom stereocenters. The Balaban J connectivity index is 2.75. The Bertz CT molecular complexity index is 394. The molecule has 0 aromatic heterocycles. The number of phenolic OH excluding ortho intramolecular Hbond substituents is 1. The standard InChI is InChI=1S/C11H13Br2NO2/c1-7(12)5-14-6-8-3-11(16-2)10(15)4-9(8)13/h3-4,14-15H,1,5-6H2,2H3. The quantitative estimate of drug-likeness (QED) is 0.857. The van der Waals surface area contributed by atoms with E-state index in [2.05, 4.69) is 43.8 Å². The van der Waals surface area contributed by atoms with Crippen LogP contribution in [0.5, 0.6) is 11.5 Å². The molecule has 0 unspecified atom stereocenters. The van der Waals surface area contributed by atoms with Gasteiger partial charge in [-0.25, -0.2) is 0 Å². The molecule has 88 valence electrons. The fourth-order valence-corrected chi connectivity index (χ4v) is 1.89. The smallest absolute Gasteiger partial charge is 0.160 e. The van der Waals surface area contributed by atoms with Crippen LogP contribution < -0.4 is 10.1 Å². The first-order valence-electron chi connectivity index (χ1n) is 4.64. The van der Waals surface area contributed by atoms with Crippen molar-refractivity contribution in [2.75, 3.05) is 13.7 Å². The minimum Gasteiger partial charge on any atom is -0.504 e. The number of hydrogen-bond donors (Lipinski definition) is 2. The summed E-state index contributed by atoms with van der Waals surface area (Å²) in [5.74, 6) is 0.598. The number of halogens is 2. The molecule has 3 nitrogen and oxygen atoms in total. The Morgan fingerprint density at radius 3 is 2.81 bits per heavy atom. The molecule has 0 aliphatic heterocycles. The lowest BCUT2D eigenvalue weighted by Gasteiger charge is -2.10. The second kappa shape index (κ2) is 6.27. The summed E-state index contributed by atoms with van der Waals surface area (Å²) in [6.45, 7) is 5.09. The summed E-state index contributed by atoms with van der Waals surface area (Å²) < 4.78 is 6.79. The maximum atomic E-state index is 9.53. The highest BCUT2D eigenvalue weighted by Crippen LogP contribution is 2.32. The number of rotatable bonds is 5. The lowest BCUT2D eigenvalue weighted by Crippen LogP contribution is -2.14. The average Bonchev–Trinajstić information content (AvgIpc) is 2.20. The molecule has 1 aromatic rings. The summed E-state index contributed by atoms with van der Waals surface area (Å²) in [5.41, 5.74) is 1.02. The molecule has 0 aliphatic carbocycles. The van der Waals surface area contributed by atoms with Crippen molar-refractivity contribution in [3.8, 4) is 11.5 Å². The van der Waals surface area contributed by atoms with Crippen LogP contribution in [0.3, 0.4) is 0 Å². The Kier molecular flexibility index (Phi) is 5.31. The lowest BCUT2D eigenvalue weighted by atomic mass is 10.2. The third-order valence-corrected chi connectivity index (χ3v) is 3.00. The molecule has 5 heteroatoms. The van der Waals surface area contributed by atoms with E-state index in [0.717, 1.165) is 14.5 Å². The van der Waals surface area contributed by atoms with Crippen molar-refractivity contribution >= 4 is 31.9 Å². The van der Waals surface area contributed by atoms with Crippen LogP contribution in [0.4, 0.5) is 0 Å². The second-order valence-corrected chi connectivity index (χ2v) is 5.21. The first-order chi connectivity index (χ1) is 7.54. The highest BCUT2D eigenvalue weighted by Gasteiger charge is 2.07. The van der Waals surface area contributed by atoms with E-state index >= 15 is 0 Å². The van der Waals surface area contributed by atoms with Crippen LogP contribution in [0, 0.1) is 0 Å². The van der Waals surface area contributed by atoms with Gasteiger partial charge in [0.15, 0.2) is 11.5 Å². The van der Waals surface area contributed by atoms with Crippen molar-refractivity contribution in [1.82, 2.24) is 5.32 Å². The number of ether oxygens (including phenoxy) is 1. The minimum absolute atomic E-state index is 0.128. The van der Waals surface area contributed by atoms with Gasteiger partial charge < -0.3 is 15.2 Å². The molecule has 0 fully saturated rings. The highest BCUT2D eigenvalue weighted by molar-refractivity contribution is 9.11. The van der Waals surface area contributed by atoms with Gasteiger partial charge in [-0.15, -0.1) is 0 Å². The second-order valence-electron chi connectivity index (χ2n) is 3.24. The lowest BCUT2D eigenvalue weighted by molar-refractivity contribution is 0.372. The Labute approximate surface area is 112 Å². The van der Waals surface area contributed by atoms with E-state index < -0.39 is 0 Å². The van der Waals surface area contributed by atoms with Gasteiger partial charge >= 0.3 is 0 Å². The van der Waals surface area contributed by atoms with Gasteiger partial charge in [0.25, 0.3) is 0 Å². The van der Waals surface area contributed by atoms with Gasteiger partial charge in [0.2, 0.25) is 0 Å². The first-order valence-corrected chi connectivity index (χ1v) is 6.22. The van der Waals surface area contributed by atoms with Crippen LogP contribution >= 0.6 is 31.9 Å². The molecule has 1 rings (SSSR count). The number of methoxy groups -OCH3 is 1. The molecule has 0 spiro atoms. The van der Waals surface area contributed by atoms with Crippen LogP contribution in [0.25, 0.3) is 0 Å². The summed E-state index contributed by atoms with van der Waals surface area (Å²) in [5, 5.41) is 12.7. The predicted molar refractivity (Wildman–Crippen MR) is 72.1 cm³/mol. The van der Waals surface area contributed by atoms with Crippen LogP contribution in [0.2, 0.25) is 0 Å². The molecule has 0 radical (unpaired) electrons. The maximum absolute atomic E-state index is 9.53. The van der Waals surface area contributed by atoms with Crippen LogP contribution in [0.15, 0.2) is 27.7 Å². The Morgan fingerprint density at radius 1 is 1.56 bits per heavy atom. The van der Waals surface area contributed by atoms with E-state index in [1.54, 1.807) is 12.1 Å². The summed E-state index contributed by atoms with van der Waals surface area (Å²) in [4.78, 5) is 0. The van der Waals surface area contributed by atoms with Crippen molar-refractivity contribution in [3.63, 3.8) is 0 Å². The maximum Gasteiger partial charge on any atom is 0.160 e. The zero-order valence-corrected chi connectivity index (χ0v) is 12.1. The van der Waals surface area contributed by atoms with Crippen LogP contribution in [-0.4, -0.2) is 18.8 Å². The third-order valence-electron chi connectivity index (χ3n) is 1.98. The summed E-state index contributed by atoms with van der Waals surface area (Å²) >= 11 is 6.66.